The Morgan fingerprint density at radius 2 is 1.80 bits per heavy atom. The summed E-state index contributed by atoms with van der Waals surface area (Å²) in [6.45, 7) is 1.18. The van der Waals surface area contributed by atoms with Gasteiger partial charge in [0.1, 0.15) is 18.1 Å². The van der Waals surface area contributed by atoms with Gasteiger partial charge >= 0.3 is 12.1 Å². The SMILES string of the molecule is CCOC(=O)CN(Cc1ccc(C(F)(F)F)cc1)C(=O)c1cc2c(F)cccc2[nH]1. The molecule has 0 saturated heterocycles. The second kappa shape index (κ2) is 8.56. The van der Waals surface area contributed by atoms with E-state index in [2.05, 4.69) is 4.98 Å². The maximum Gasteiger partial charge on any atom is 0.416 e. The number of carbonyl (C=O) groups is 2. The summed E-state index contributed by atoms with van der Waals surface area (Å²) in [5.41, 5.74) is 0.0267. The molecule has 9 heteroatoms. The highest BCUT2D eigenvalue weighted by Gasteiger charge is 2.30. The van der Waals surface area contributed by atoms with Crippen LogP contribution >= 0.6 is 0 Å². The number of carbonyl (C=O) groups excluding carboxylic acids is 2. The molecule has 0 bridgehead atoms. The molecule has 0 saturated carbocycles. The Hall–Kier alpha value is -3.36. The fraction of sp³-hybridized carbons (Fsp3) is 0.238. The van der Waals surface area contributed by atoms with Crippen LogP contribution in [0.3, 0.4) is 0 Å². The van der Waals surface area contributed by atoms with E-state index < -0.39 is 36.0 Å². The molecule has 0 fully saturated rings. The molecule has 5 nitrogen and oxygen atoms in total. The van der Waals surface area contributed by atoms with Gasteiger partial charge in [0.25, 0.3) is 5.91 Å². The number of halogens is 4. The predicted molar refractivity (Wildman–Crippen MR) is 101 cm³/mol. The summed E-state index contributed by atoms with van der Waals surface area (Å²) in [5, 5.41) is 0.214. The van der Waals surface area contributed by atoms with E-state index in [0.717, 1.165) is 17.0 Å². The number of ether oxygens (including phenoxy) is 1. The first-order valence-electron chi connectivity index (χ1n) is 9.07. The van der Waals surface area contributed by atoms with Gasteiger partial charge in [-0.3, -0.25) is 9.59 Å². The summed E-state index contributed by atoms with van der Waals surface area (Å²) in [4.78, 5) is 28.9. The van der Waals surface area contributed by atoms with Crippen LogP contribution < -0.4 is 0 Å². The summed E-state index contributed by atoms with van der Waals surface area (Å²) < 4.78 is 57.1. The molecule has 0 radical (unpaired) electrons. The molecular formula is C21H18F4N2O3. The zero-order chi connectivity index (χ0) is 21.9. The van der Waals surface area contributed by atoms with Crippen LogP contribution in [-0.2, 0) is 22.3 Å². The van der Waals surface area contributed by atoms with Crippen molar-refractivity contribution in [1.82, 2.24) is 9.88 Å². The lowest BCUT2D eigenvalue weighted by molar-refractivity contribution is -0.144. The Morgan fingerprint density at radius 1 is 1.10 bits per heavy atom. The molecule has 0 atom stereocenters. The number of benzene rings is 2. The first-order valence-corrected chi connectivity index (χ1v) is 9.07. The number of rotatable bonds is 6. The largest absolute Gasteiger partial charge is 0.465 e. The Balaban J connectivity index is 1.88. The van der Waals surface area contributed by atoms with Gasteiger partial charge < -0.3 is 14.6 Å². The first kappa shape index (κ1) is 21.4. The van der Waals surface area contributed by atoms with Crippen molar-refractivity contribution < 1.29 is 31.9 Å². The molecule has 1 heterocycles. The highest BCUT2D eigenvalue weighted by molar-refractivity contribution is 5.99. The highest BCUT2D eigenvalue weighted by atomic mass is 19.4. The van der Waals surface area contributed by atoms with Crippen LogP contribution in [0.2, 0.25) is 0 Å². The van der Waals surface area contributed by atoms with Crippen LogP contribution in [0.4, 0.5) is 17.6 Å². The molecule has 3 rings (SSSR count). The van der Waals surface area contributed by atoms with Gasteiger partial charge in [0.05, 0.1) is 12.2 Å². The number of hydrogen-bond acceptors (Lipinski definition) is 3. The van der Waals surface area contributed by atoms with E-state index in [1.165, 1.54) is 30.3 Å². The average Bonchev–Trinajstić information content (AvgIpc) is 3.12. The number of H-pyrrole nitrogens is 1. The fourth-order valence-corrected chi connectivity index (χ4v) is 2.99. The maximum atomic E-state index is 13.9. The van der Waals surface area contributed by atoms with Gasteiger partial charge in [-0.05, 0) is 42.8 Å². The Kier molecular flexibility index (Phi) is 6.09. The zero-order valence-corrected chi connectivity index (χ0v) is 15.9. The molecular weight excluding hydrogens is 404 g/mol. The van der Waals surface area contributed by atoms with Crippen molar-refractivity contribution in [1.29, 1.82) is 0 Å². The molecule has 1 amide bonds. The average molecular weight is 422 g/mol. The van der Waals surface area contributed by atoms with E-state index in [1.807, 2.05) is 0 Å². The van der Waals surface area contributed by atoms with Crippen LogP contribution in [0.1, 0.15) is 28.5 Å². The van der Waals surface area contributed by atoms with Gasteiger partial charge in [0.15, 0.2) is 0 Å². The Labute approximate surface area is 169 Å². The number of esters is 1. The van der Waals surface area contributed by atoms with Crippen LogP contribution in [0, 0.1) is 5.82 Å². The molecule has 0 unspecified atom stereocenters. The molecule has 0 aliphatic heterocycles. The first-order chi connectivity index (χ1) is 14.2. The van der Waals surface area contributed by atoms with Crippen molar-refractivity contribution in [2.24, 2.45) is 0 Å². The van der Waals surface area contributed by atoms with Crippen molar-refractivity contribution in [3.63, 3.8) is 0 Å². The fourth-order valence-electron chi connectivity index (χ4n) is 2.99. The van der Waals surface area contributed by atoms with Crippen molar-refractivity contribution in [2.45, 2.75) is 19.6 Å². The molecule has 1 N–H and O–H groups in total. The van der Waals surface area contributed by atoms with Crippen LogP contribution in [0.15, 0.2) is 48.5 Å². The van der Waals surface area contributed by atoms with Crippen LogP contribution in [-0.4, -0.2) is 34.9 Å². The molecule has 2 aromatic carbocycles. The van der Waals surface area contributed by atoms with Gasteiger partial charge in [-0.25, -0.2) is 4.39 Å². The summed E-state index contributed by atoms with van der Waals surface area (Å²) in [5.74, 6) is -1.79. The van der Waals surface area contributed by atoms with Crippen LogP contribution in [0.5, 0.6) is 0 Å². The number of nitrogens with zero attached hydrogens (tertiary/aromatic N) is 1. The van der Waals surface area contributed by atoms with Gasteiger partial charge in [0, 0.05) is 17.4 Å². The third-order valence-corrected chi connectivity index (χ3v) is 4.41. The second-order valence-corrected chi connectivity index (χ2v) is 6.55. The zero-order valence-electron chi connectivity index (χ0n) is 15.9. The third-order valence-electron chi connectivity index (χ3n) is 4.41. The lowest BCUT2D eigenvalue weighted by Crippen LogP contribution is -2.36. The third kappa shape index (κ3) is 4.79. The number of hydrogen-bond donors (Lipinski definition) is 1. The summed E-state index contributed by atoms with van der Waals surface area (Å²) in [7, 11) is 0. The summed E-state index contributed by atoms with van der Waals surface area (Å²) in [6, 6.07) is 9.95. The lowest BCUT2D eigenvalue weighted by Gasteiger charge is -2.21. The standard InChI is InChI=1S/C21H18F4N2O3/c1-2-30-19(28)12-27(11-13-6-8-14(9-7-13)21(23,24)25)20(29)18-10-15-16(22)4-3-5-17(15)26-18/h3-10,26H,2,11-12H2,1H3. The van der Waals surface area contributed by atoms with E-state index in [9.17, 15) is 27.2 Å². The maximum absolute atomic E-state index is 13.9. The summed E-state index contributed by atoms with van der Waals surface area (Å²) >= 11 is 0. The smallest absolute Gasteiger partial charge is 0.416 e. The second-order valence-electron chi connectivity index (χ2n) is 6.55. The van der Waals surface area contributed by atoms with E-state index in [-0.39, 0.29) is 24.2 Å². The van der Waals surface area contributed by atoms with E-state index >= 15 is 0 Å². The molecule has 0 spiro atoms. The predicted octanol–water partition coefficient (Wildman–Crippen LogP) is 4.53. The summed E-state index contributed by atoms with van der Waals surface area (Å²) in [6.07, 6.45) is -4.48. The van der Waals surface area contributed by atoms with Gasteiger partial charge in [-0.15, -0.1) is 0 Å². The molecule has 30 heavy (non-hydrogen) atoms. The normalized spacial score (nSPS) is 11.5. The topological polar surface area (TPSA) is 62.4 Å². The van der Waals surface area contributed by atoms with Crippen molar-refractivity contribution >= 4 is 22.8 Å². The Morgan fingerprint density at radius 3 is 2.40 bits per heavy atom. The minimum absolute atomic E-state index is 0.0475. The molecule has 1 aromatic heterocycles. The van der Waals surface area contributed by atoms with Crippen molar-refractivity contribution in [3.05, 3.63) is 71.2 Å². The highest BCUT2D eigenvalue weighted by Crippen LogP contribution is 2.29. The van der Waals surface area contributed by atoms with Gasteiger partial charge in [-0.1, -0.05) is 18.2 Å². The number of fused-ring (bicyclic) bond motifs is 1. The molecule has 0 aliphatic rings. The van der Waals surface area contributed by atoms with Crippen molar-refractivity contribution in [2.75, 3.05) is 13.2 Å². The van der Waals surface area contributed by atoms with E-state index in [4.69, 9.17) is 4.74 Å². The minimum atomic E-state index is -4.48. The van der Waals surface area contributed by atoms with Crippen LogP contribution in [0.25, 0.3) is 10.9 Å². The van der Waals surface area contributed by atoms with Gasteiger partial charge in [0.2, 0.25) is 0 Å². The number of aromatic amines is 1. The number of aromatic nitrogens is 1. The lowest BCUT2D eigenvalue weighted by atomic mass is 10.1. The molecule has 3 aromatic rings. The Bertz CT molecular complexity index is 1060. The quantitative estimate of drug-likeness (QED) is 0.469. The van der Waals surface area contributed by atoms with Gasteiger partial charge in [-0.2, -0.15) is 13.2 Å². The van der Waals surface area contributed by atoms with E-state index in [0.29, 0.717) is 11.1 Å². The number of amides is 1. The van der Waals surface area contributed by atoms with Crippen molar-refractivity contribution in [3.8, 4) is 0 Å². The number of nitrogens with one attached hydrogen (secondary N) is 1. The monoisotopic (exact) mass is 422 g/mol. The van der Waals surface area contributed by atoms with E-state index in [1.54, 1.807) is 13.0 Å². The molecule has 0 aliphatic carbocycles. The minimum Gasteiger partial charge on any atom is -0.465 e. The number of alkyl halides is 3. The molecule has 158 valence electrons.